The van der Waals surface area contributed by atoms with E-state index in [1.807, 2.05) is 31.2 Å². The maximum absolute atomic E-state index is 13.0. The van der Waals surface area contributed by atoms with Crippen LogP contribution in [0.25, 0.3) is 0 Å². The van der Waals surface area contributed by atoms with Gasteiger partial charge in [0.2, 0.25) is 15.9 Å². The number of anilines is 1. The summed E-state index contributed by atoms with van der Waals surface area (Å²) in [4.78, 5) is 12.8. The Balaban J connectivity index is 1.71. The minimum Gasteiger partial charge on any atom is -0.326 e. The summed E-state index contributed by atoms with van der Waals surface area (Å²) in [5, 5.41) is 3.33. The van der Waals surface area contributed by atoms with E-state index in [0.29, 0.717) is 24.4 Å². The van der Waals surface area contributed by atoms with Crippen LogP contribution in [0.5, 0.6) is 0 Å². The highest BCUT2D eigenvalue weighted by molar-refractivity contribution is 7.89. The Bertz CT molecular complexity index is 958. The third kappa shape index (κ3) is 4.57. The Morgan fingerprint density at radius 2 is 1.93 bits per heavy atom. The van der Waals surface area contributed by atoms with Crippen molar-refractivity contribution in [2.45, 2.75) is 38.0 Å². The van der Waals surface area contributed by atoms with Crippen LogP contribution in [0.15, 0.2) is 47.4 Å². The van der Waals surface area contributed by atoms with E-state index in [0.717, 1.165) is 17.7 Å². The van der Waals surface area contributed by atoms with E-state index in [1.54, 1.807) is 12.1 Å². The normalized spacial score (nSPS) is 18.0. The molecule has 0 spiro atoms. The van der Waals surface area contributed by atoms with Crippen molar-refractivity contribution in [3.8, 4) is 0 Å². The Hall–Kier alpha value is -1.89. The number of hydrogen-bond acceptors (Lipinski definition) is 3. The lowest BCUT2D eigenvalue weighted by Gasteiger charge is -2.31. The van der Waals surface area contributed by atoms with Crippen molar-refractivity contribution in [1.82, 2.24) is 4.31 Å². The predicted octanol–water partition coefficient (Wildman–Crippen LogP) is 4.25. The molecule has 1 unspecified atom stereocenters. The topological polar surface area (TPSA) is 66.5 Å². The zero-order valence-corrected chi connectivity index (χ0v) is 17.7. The van der Waals surface area contributed by atoms with Gasteiger partial charge >= 0.3 is 0 Å². The lowest BCUT2D eigenvalue weighted by atomic mass is 9.98. The Morgan fingerprint density at radius 1 is 1.21 bits per heavy atom. The molecule has 1 aliphatic heterocycles. The second-order valence-corrected chi connectivity index (χ2v) is 9.50. The monoisotopic (exact) mass is 420 g/mol. The van der Waals surface area contributed by atoms with Crippen LogP contribution in [0, 0.1) is 12.8 Å². The summed E-state index contributed by atoms with van der Waals surface area (Å²) in [6.07, 6.45) is 2.25. The van der Waals surface area contributed by atoms with E-state index < -0.39 is 10.0 Å². The SMILES string of the molecule is CCc1ccc(NC(=O)C2CCCN(S(=O)(=O)c3ccc(C)c(Cl)c3)C2)cc1. The first-order valence-electron chi connectivity index (χ1n) is 9.47. The van der Waals surface area contributed by atoms with Crippen molar-refractivity contribution < 1.29 is 13.2 Å². The summed E-state index contributed by atoms with van der Waals surface area (Å²) >= 11 is 6.10. The molecular weight excluding hydrogens is 396 g/mol. The molecule has 28 heavy (non-hydrogen) atoms. The third-order valence-corrected chi connectivity index (χ3v) is 7.43. The standard InChI is InChI=1S/C21H25ClN2O3S/c1-3-16-7-9-18(10-8-16)23-21(25)17-5-4-12-24(14-17)28(26,27)19-11-6-15(2)20(22)13-19/h6-11,13,17H,3-5,12,14H2,1-2H3,(H,23,25). The van der Waals surface area contributed by atoms with Crippen LogP contribution in [-0.2, 0) is 21.2 Å². The zero-order valence-electron chi connectivity index (χ0n) is 16.1. The molecule has 0 saturated carbocycles. The Kier molecular flexibility index (Phi) is 6.43. The van der Waals surface area contributed by atoms with Crippen molar-refractivity contribution in [1.29, 1.82) is 0 Å². The molecule has 2 aromatic rings. The number of nitrogens with one attached hydrogen (secondary N) is 1. The lowest BCUT2D eigenvalue weighted by Crippen LogP contribution is -2.43. The molecule has 0 radical (unpaired) electrons. The summed E-state index contributed by atoms with van der Waals surface area (Å²) in [6, 6.07) is 12.5. The number of carbonyl (C=O) groups is 1. The van der Waals surface area contributed by atoms with Crippen LogP contribution in [-0.4, -0.2) is 31.7 Å². The number of rotatable bonds is 5. The van der Waals surface area contributed by atoms with E-state index in [1.165, 1.54) is 15.9 Å². The fraction of sp³-hybridized carbons (Fsp3) is 0.381. The molecule has 1 fully saturated rings. The van der Waals surface area contributed by atoms with Crippen LogP contribution in [0.2, 0.25) is 5.02 Å². The van der Waals surface area contributed by atoms with Crippen LogP contribution >= 0.6 is 11.6 Å². The molecule has 1 aliphatic rings. The second-order valence-electron chi connectivity index (χ2n) is 7.15. The molecule has 150 valence electrons. The number of amides is 1. The van der Waals surface area contributed by atoms with Gasteiger partial charge in [0.15, 0.2) is 0 Å². The van der Waals surface area contributed by atoms with Gasteiger partial charge in [-0.25, -0.2) is 8.42 Å². The van der Waals surface area contributed by atoms with Crippen LogP contribution in [0.4, 0.5) is 5.69 Å². The van der Waals surface area contributed by atoms with E-state index in [9.17, 15) is 13.2 Å². The first kappa shape index (κ1) is 20.8. The van der Waals surface area contributed by atoms with Crippen LogP contribution < -0.4 is 5.32 Å². The molecule has 0 aliphatic carbocycles. The molecule has 2 aromatic carbocycles. The minimum atomic E-state index is -3.68. The predicted molar refractivity (Wildman–Crippen MR) is 112 cm³/mol. The van der Waals surface area contributed by atoms with Gasteiger partial charge in [-0.2, -0.15) is 4.31 Å². The largest absolute Gasteiger partial charge is 0.326 e. The summed E-state index contributed by atoms with van der Waals surface area (Å²) in [5.74, 6) is -0.526. The molecule has 5 nitrogen and oxygen atoms in total. The summed E-state index contributed by atoms with van der Waals surface area (Å²) < 4.78 is 27.4. The molecular formula is C21H25ClN2O3S. The highest BCUT2D eigenvalue weighted by Gasteiger charge is 2.33. The van der Waals surface area contributed by atoms with Gasteiger partial charge in [-0.15, -0.1) is 0 Å². The molecule has 3 rings (SSSR count). The lowest BCUT2D eigenvalue weighted by molar-refractivity contribution is -0.120. The highest BCUT2D eigenvalue weighted by atomic mass is 35.5. The molecule has 0 aromatic heterocycles. The molecule has 1 N–H and O–H groups in total. The van der Waals surface area contributed by atoms with Crippen molar-refractivity contribution in [2.75, 3.05) is 18.4 Å². The van der Waals surface area contributed by atoms with Crippen molar-refractivity contribution in [3.05, 3.63) is 58.6 Å². The molecule has 1 amide bonds. The smallest absolute Gasteiger partial charge is 0.243 e. The fourth-order valence-electron chi connectivity index (χ4n) is 3.33. The number of benzene rings is 2. The van der Waals surface area contributed by atoms with E-state index >= 15 is 0 Å². The molecule has 1 atom stereocenters. The Labute approximate surface area is 171 Å². The maximum Gasteiger partial charge on any atom is 0.243 e. The third-order valence-electron chi connectivity index (χ3n) is 5.17. The summed E-state index contributed by atoms with van der Waals surface area (Å²) in [5.41, 5.74) is 2.75. The van der Waals surface area contributed by atoms with E-state index in [4.69, 9.17) is 11.6 Å². The van der Waals surface area contributed by atoms with Crippen molar-refractivity contribution in [3.63, 3.8) is 0 Å². The molecule has 1 heterocycles. The first-order valence-corrected chi connectivity index (χ1v) is 11.3. The average Bonchev–Trinajstić information content (AvgIpc) is 2.70. The van der Waals surface area contributed by atoms with Gasteiger partial charge in [0.1, 0.15) is 0 Å². The van der Waals surface area contributed by atoms with Crippen molar-refractivity contribution >= 4 is 33.2 Å². The van der Waals surface area contributed by atoms with Gasteiger partial charge in [-0.1, -0.05) is 36.7 Å². The second kappa shape index (κ2) is 8.64. The highest BCUT2D eigenvalue weighted by Crippen LogP contribution is 2.27. The summed E-state index contributed by atoms with van der Waals surface area (Å²) in [6.45, 7) is 4.48. The van der Waals surface area contributed by atoms with Gasteiger partial charge in [0.25, 0.3) is 0 Å². The summed E-state index contributed by atoms with van der Waals surface area (Å²) in [7, 11) is -3.68. The number of sulfonamides is 1. The van der Waals surface area contributed by atoms with Gasteiger partial charge < -0.3 is 5.32 Å². The van der Waals surface area contributed by atoms with E-state index in [2.05, 4.69) is 12.2 Å². The van der Waals surface area contributed by atoms with Crippen LogP contribution in [0.1, 0.15) is 30.9 Å². The number of aryl methyl sites for hydroxylation is 2. The van der Waals surface area contributed by atoms with E-state index in [-0.39, 0.29) is 23.3 Å². The first-order chi connectivity index (χ1) is 13.3. The maximum atomic E-state index is 13.0. The zero-order chi connectivity index (χ0) is 20.3. The number of carbonyl (C=O) groups excluding carboxylic acids is 1. The number of hydrogen-bond donors (Lipinski definition) is 1. The number of nitrogens with zero attached hydrogens (tertiary/aromatic N) is 1. The molecule has 1 saturated heterocycles. The van der Waals surface area contributed by atoms with Gasteiger partial charge in [-0.05, 0) is 61.6 Å². The number of halogens is 1. The fourth-order valence-corrected chi connectivity index (χ4v) is 5.12. The molecule has 7 heteroatoms. The van der Waals surface area contributed by atoms with Crippen molar-refractivity contribution in [2.24, 2.45) is 5.92 Å². The van der Waals surface area contributed by atoms with Gasteiger partial charge in [-0.3, -0.25) is 4.79 Å². The van der Waals surface area contributed by atoms with Gasteiger partial charge in [0.05, 0.1) is 10.8 Å². The minimum absolute atomic E-state index is 0.147. The average molecular weight is 421 g/mol. The quantitative estimate of drug-likeness (QED) is 0.786. The van der Waals surface area contributed by atoms with Gasteiger partial charge in [0, 0.05) is 23.8 Å². The Morgan fingerprint density at radius 3 is 2.57 bits per heavy atom. The molecule has 0 bridgehead atoms. The van der Waals surface area contributed by atoms with Crippen LogP contribution in [0.3, 0.4) is 0 Å². The number of piperidine rings is 1.